The van der Waals surface area contributed by atoms with Crippen LogP contribution in [0.2, 0.25) is 0 Å². The van der Waals surface area contributed by atoms with Crippen molar-refractivity contribution in [2.45, 2.75) is 45.1 Å². The van der Waals surface area contributed by atoms with Crippen LogP contribution in [-0.4, -0.2) is 37.6 Å². The summed E-state index contributed by atoms with van der Waals surface area (Å²) in [7, 11) is 2.24. The SMILES string of the molecule is CCC(NCC1CCN(C)CC1)C1CC1. The Kier molecular flexibility index (Phi) is 4.04. The quantitative estimate of drug-likeness (QED) is 0.747. The number of rotatable bonds is 5. The van der Waals surface area contributed by atoms with Crippen molar-refractivity contribution in [1.29, 1.82) is 0 Å². The van der Waals surface area contributed by atoms with Crippen molar-refractivity contribution in [2.75, 3.05) is 26.7 Å². The van der Waals surface area contributed by atoms with Gasteiger partial charge in [0.1, 0.15) is 0 Å². The third kappa shape index (κ3) is 3.46. The van der Waals surface area contributed by atoms with Gasteiger partial charge in [-0.3, -0.25) is 0 Å². The second kappa shape index (κ2) is 5.31. The molecule has 0 aromatic heterocycles. The van der Waals surface area contributed by atoms with Crippen molar-refractivity contribution in [3.8, 4) is 0 Å². The molecule has 88 valence electrons. The first kappa shape index (κ1) is 11.4. The predicted molar refractivity (Wildman–Crippen MR) is 65.0 cm³/mol. The lowest BCUT2D eigenvalue weighted by atomic mass is 9.96. The molecule has 2 aliphatic rings. The molecule has 2 nitrogen and oxygen atoms in total. The highest BCUT2D eigenvalue weighted by molar-refractivity contribution is 4.86. The van der Waals surface area contributed by atoms with Crippen LogP contribution < -0.4 is 5.32 Å². The summed E-state index contributed by atoms with van der Waals surface area (Å²) in [5, 5.41) is 3.80. The average molecular weight is 210 g/mol. The van der Waals surface area contributed by atoms with Crippen LogP contribution in [0.3, 0.4) is 0 Å². The molecule has 1 unspecified atom stereocenters. The van der Waals surface area contributed by atoms with Gasteiger partial charge in [0.05, 0.1) is 0 Å². The van der Waals surface area contributed by atoms with Gasteiger partial charge in [0.25, 0.3) is 0 Å². The van der Waals surface area contributed by atoms with Gasteiger partial charge in [-0.15, -0.1) is 0 Å². The molecule has 0 aromatic carbocycles. The molecule has 0 spiro atoms. The van der Waals surface area contributed by atoms with Crippen LogP contribution in [0.5, 0.6) is 0 Å². The standard InChI is InChI=1S/C13H26N2/c1-3-13(12-4-5-12)14-10-11-6-8-15(2)9-7-11/h11-14H,3-10H2,1-2H3. The van der Waals surface area contributed by atoms with Gasteiger partial charge in [0, 0.05) is 6.04 Å². The minimum atomic E-state index is 0.824. The summed E-state index contributed by atoms with van der Waals surface area (Å²) in [5.41, 5.74) is 0. The van der Waals surface area contributed by atoms with E-state index in [4.69, 9.17) is 0 Å². The first-order valence-electron chi connectivity index (χ1n) is 6.71. The molecule has 2 heteroatoms. The molecular formula is C13H26N2. The Morgan fingerprint density at radius 3 is 2.40 bits per heavy atom. The maximum atomic E-state index is 3.80. The Labute approximate surface area is 94.4 Å². The number of likely N-dealkylation sites (tertiary alicyclic amines) is 1. The lowest BCUT2D eigenvalue weighted by Crippen LogP contribution is -2.39. The maximum Gasteiger partial charge on any atom is 0.00928 e. The fraction of sp³-hybridized carbons (Fsp3) is 1.00. The second-order valence-corrected chi connectivity index (χ2v) is 5.51. The summed E-state index contributed by atoms with van der Waals surface area (Å²) in [6.45, 7) is 6.19. The van der Waals surface area contributed by atoms with E-state index >= 15 is 0 Å². The van der Waals surface area contributed by atoms with E-state index in [1.54, 1.807) is 0 Å². The number of hydrogen-bond acceptors (Lipinski definition) is 2. The highest BCUT2D eigenvalue weighted by atomic mass is 15.1. The lowest BCUT2D eigenvalue weighted by molar-refractivity contribution is 0.210. The molecule has 1 aliphatic heterocycles. The van der Waals surface area contributed by atoms with Gasteiger partial charge in [-0.1, -0.05) is 6.92 Å². The zero-order valence-corrected chi connectivity index (χ0v) is 10.3. The first-order valence-corrected chi connectivity index (χ1v) is 6.71. The normalized spacial score (nSPS) is 26.8. The summed E-state index contributed by atoms with van der Waals surface area (Å²) in [5.74, 6) is 1.95. The molecule has 0 bridgehead atoms. The van der Waals surface area contributed by atoms with Crippen LogP contribution >= 0.6 is 0 Å². The molecule has 15 heavy (non-hydrogen) atoms. The Balaban J connectivity index is 1.63. The summed E-state index contributed by atoms with van der Waals surface area (Å²) >= 11 is 0. The van der Waals surface area contributed by atoms with Crippen LogP contribution in [0.15, 0.2) is 0 Å². The van der Waals surface area contributed by atoms with E-state index in [2.05, 4.69) is 24.2 Å². The summed E-state index contributed by atoms with van der Waals surface area (Å²) in [4.78, 5) is 2.45. The van der Waals surface area contributed by atoms with Crippen molar-refractivity contribution in [1.82, 2.24) is 10.2 Å². The minimum Gasteiger partial charge on any atom is -0.313 e. The maximum absolute atomic E-state index is 3.80. The van der Waals surface area contributed by atoms with E-state index in [0.717, 1.165) is 17.9 Å². The molecule has 1 atom stereocenters. The topological polar surface area (TPSA) is 15.3 Å². The molecule has 2 fully saturated rings. The highest BCUT2D eigenvalue weighted by Gasteiger charge is 2.30. The van der Waals surface area contributed by atoms with E-state index in [9.17, 15) is 0 Å². The fourth-order valence-corrected chi connectivity index (χ4v) is 2.73. The molecule has 1 aliphatic carbocycles. The van der Waals surface area contributed by atoms with Gasteiger partial charge in [-0.05, 0) is 70.6 Å². The van der Waals surface area contributed by atoms with E-state index < -0.39 is 0 Å². The highest BCUT2D eigenvalue weighted by Crippen LogP contribution is 2.34. The van der Waals surface area contributed by atoms with Crippen molar-refractivity contribution in [2.24, 2.45) is 11.8 Å². The minimum absolute atomic E-state index is 0.824. The van der Waals surface area contributed by atoms with Crippen LogP contribution in [-0.2, 0) is 0 Å². The summed E-state index contributed by atoms with van der Waals surface area (Å²) < 4.78 is 0. The molecule has 1 saturated carbocycles. The lowest BCUT2D eigenvalue weighted by Gasteiger charge is -2.30. The van der Waals surface area contributed by atoms with Gasteiger partial charge in [-0.2, -0.15) is 0 Å². The van der Waals surface area contributed by atoms with E-state index in [0.29, 0.717) is 0 Å². The van der Waals surface area contributed by atoms with Gasteiger partial charge >= 0.3 is 0 Å². The van der Waals surface area contributed by atoms with Gasteiger partial charge in [0.15, 0.2) is 0 Å². The smallest absolute Gasteiger partial charge is 0.00928 e. The summed E-state index contributed by atoms with van der Waals surface area (Å²) in [6.07, 6.45) is 7.05. The van der Waals surface area contributed by atoms with Crippen LogP contribution in [0.25, 0.3) is 0 Å². The molecule has 2 rings (SSSR count). The van der Waals surface area contributed by atoms with Gasteiger partial charge < -0.3 is 10.2 Å². The fourth-order valence-electron chi connectivity index (χ4n) is 2.73. The third-order valence-corrected chi connectivity index (χ3v) is 4.14. The number of nitrogens with one attached hydrogen (secondary N) is 1. The van der Waals surface area contributed by atoms with Crippen molar-refractivity contribution < 1.29 is 0 Å². The molecule has 0 radical (unpaired) electrons. The second-order valence-electron chi connectivity index (χ2n) is 5.51. The molecule has 1 saturated heterocycles. The van der Waals surface area contributed by atoms with Crippen molar-refractivity contribution in [3.63, 3.8) is 0 Å². The third-order valence-electron chi connectivity index (χ3n) is 4.14. The van der Waals surface area contributed by atoms with Gasteiger partial charge in [0.2, 0.25) is 0 Å². The Bertz CT molecular complexity index is 181. The number of piperidine rings is 1. The Hall–Kier alpha value is -0.0800. The number of hydrogen-bond donors (Lipinski definition) is 1. The molecule has 1 N–H and O–H groups in total. The predicted octanol–water partition coefficient (Wildman–Crippen LogP) is 2.11. The van der Waals surface area contributed by atoms with E-state index in [1.165, 1.54) is 51.7 Å². The zero-order valence-electron chi connectivity index (χ0n) is 10.3. The van der Waals surface area contributed by atoms with E-state index in [1.807, 2.05) is 0 Å². The monoisotopic (exact) mass is 210 g/mol. The average Bonchev–Trinajstić information content (AvgIpc) is 3.06. The Morgan fingerprint density at radius 1 is 1.20 bits per heavy atom. The van der Waals surface area contributed by atoms with Crippen molar-refractivity contribution in [3.05, 3.63) is 0 Å². The van der Waals surface area contributed by atoms with Gasteiger partial charge in [-0.25, -0.2) is 0 Å². The molecule has 1 heterocycles. The van der Waals surface area contributed by atoms with E-state index in [-0.39, 0.29) is 0 Å². The molecule has 0 aromatic rings. The molecular weight excluding hydrogens is 184 g/mol. The Morgan fingerprint density at radius 2 is 1.87 bits per heavy atom. The van der Waals surface area contributed by atoms with Crippen LogP contribution in [0.4, 0.5) is 0 Å². The number of nitrogens with zero attached hydrogens (tertiary/aromatic N) is 1. The van der Waals surface area contributed by atoms with Crippen molar-refractivity contribution >= 4 is 0 Å². The first-order chi connectivity index (χ1) is 7.29. The largest absolute Gasteiger partial charge is 0.313 e. The van der Waals surface area contributed by atoms with Crippen LogP contribution in [0.1, 0.15) is 39.0 Å². The molecule has 0 amide bonds. The summed E-state index contributed by atoms with van der Waals surface area (Å²) in [6, 6.07) is 0.824. The zero-order chi connectivity index (χ0) is 10.7. The van der Waals surface area contributed by atoms with Crippen LogP contribution in [0, 0.1) is 11.8 Å².